The highest BCUT2D eigenvalue weighted by Crippen LogP contribution is 2.37. The Hall–Kier alpha value is -4.91. The fraction of sp³-hybridized carbons (Fsp3) is 0.229. The number of Topliss-reactive ketones (excluding diaryl/α,β-unsaturated/α-hetero) is 1. The van der Waals surface area contributed by atoms with E-state index in [9.17, 15) is 24.6 Å². The summed E-state index contributed by atoms with van der Waals surface area (Å²) in [6.07, 6.45) is 1.64. The highest BCUT2D eigenvalue weighted by Gasteiger charge is 2.24. The lowest BCUT2D eigenvalue weighted by molar-refractivity contribution is -0.116. The second-order valence-corrected chi connectivity index (χ2v) is 10.7. The van der Waals surface area contributed by atoms with E-state index in [4.69, 9.17) is 4.74 Å². The van der Waals surface area contributed by atoms with Crippen LogP contribution in [0.3, 0.4) is 0 Å². The molecular weight excluding hydrogens is 530 g/mol. The van der Waals surface area contributed by atoms with Crippen LogP contribution in [0.5, 0.6) is 11.5 Å². The molecule has 4 aromatic rings. The summed E-state index contributed by atoms with van der Waals surface area (Å²) < 4.78 is 5.41. The van der Waals surface area contributed by atoms with Crippen molar-refractivity contribution in [3.63, 3.8) is 0 Å². The van der Waals surface area contributed by atoms with Crippen LogP contribution in [-0.2, 0) is 41.8 Å². The van der Waals surface area contributed by atoms with Gasteiger partial charge in [-0.1, -0.05) is 43.3 Å². The predicted octanol–water partition coefficient (Wildman–Crippen LogP) is 6.06. The lowest BCUT2D eigenvalue weighted by Gasteiger charge is -2.20. The molecule has 7 heteroatoms. The second kappa shape index (κ2) is 12.3. The van der Waals surface area contributed by atoms with E-state index in [0.717, 1.165) is 34.2 Å². The van der Waals surface area contributed by atoms with Gasteiger partial charge >= 0.3 is 6.09 Å². The van der Waals surface area contributed by atoms with E-state index in [-0.39, 0.29) is 29.7 Å². The summed E-state index contributed by atoms with van der Waals surface area (Å²) in [5, 5.41) is 23.5. The number of amides is 1. The number of hydrogen-bond donors (Lipinski definition) is 3. The molecule has 0 aromatic heterocycles. The number of aromatic hydroxyl groups is 2. The minimum atomic E-state index is -0.578. The zero-order valence-electron chi connectivity index (χ0n) is 23.7. The first-order valence-electron chi connectivity index (χ1n) is 14.0. The third kappa shape index (κ3) is 6.36. The molecule has 0 fully saturated rings. The number of ketones is 2. The number of phenols is 2. The molecule has 0 radical (unpaired) electrons. The number of carbonyl (C=O) groups excluding carboxylic acids is 3. The van der Waals surface area contributed by atoms with Crippen molar-refractivity contribution in [2.24, 2.45) is 0 Å². The van der Waals surface area contributed by atoms with Gasteiger partial charge in [0.15, 0.2) is 5.78 Å². The molecule has 1 aliphatic rings. The van der Waals surface area contributed by atoms with E-state index < -0.39 is 6.09 Å². The van der Waals surface area contributed by atoms with Gasteiger partial charge in [-0.25, -0.2) is 4.79 Å². The van der Waals surface area contributed by atoms with E-state index in [0.29, 0.717) is 53.6 Å². The van der Waals surface area contributed by atoms with Gasteiger partial charge in [0.1, 0.15) is 23.9 Å². The molecule has 1 amide bonds. The molecule has 7 nitrogen and oxygen atoms in total. The van der Waals surface area contributed by atoms with E-state index >= 15 is 0 Å². The van der Waals surface area contributed by atoms with Crippen LogP contribution in [0.2, 0.25) is 0 Å². The zero-order valence-corrected chi connectivity index (χ0v) is 23.7. The van der Waals surface area contributed by atoms with E-state index in [1.54, 1.807) is 30.3 Å². The molecule has 5 rings (SSSR count). The van der Waals surface area contributed by atoms with Gasteiger partial charge in [-0.2, -0.15) is 0 Å². The van der Waals surface area contributed by atoms with Crippen molar-refractivity contribution in [2.45, 2.75) is 46.1 Å². The molecule has 1 aliphatic carbocycles. The molecule has 0 saturated carbocycles. The van der Waals surface area contributed by atoms with Crippen LogP contribution < -0.4 is 5.32 Å². The van der Waals surface area contributed by atoms with Crippen LogP contribution in [0, 0.1) is 0 Å². The highest BCUT2D eigenvalue weighted by atomic mass is 16.5. The molecule has 0 aliphatic heterocycles. The number of hydrogen-bond acceptors (Lipinski definition) is 6. The van der Waals surface area contributed by atoms with Gasteiger partial charge in [-0.05, 0) is 96.0 Å². The summed E-state index contributed by atoms with van der Waals surface area (Å²) in [7, 11) is 0. The number of ether oxygens (including phenoxy) is 1. The number of benzene rings is 4. The van der Waals surface area contributed by atoms with Crippen molar-refractivity contribution in [3.8, 4) is 22.6 Å². The van der Waals surface area contributed by atoms with Crippen molar-refractivity contribution < 1.29 is 29.3 Å². The predicted molar refractivity (Wildman–Crippen MR) is 160 cm³/mol. The van der Waals surface area contributed by atoms with Gasteiger partial charge in [0, 0.05) is 35.2 Å². The first-order valence-corrected chi connectivity index (χ1v) is 14.0. The number of alkyl carbamates (subject to hydrolysis) is 1. The highest BCUT2D eigenvalue weighted by molar-refractivity contribution is 6.12. The fourth-order valence-electron chi connectivity index (χ4n) is 5.30. The molecule has 0 saturated heterocycles. The minimum absolute atomic E-state index is 0.0139. The van der Waals surface area contributed by atoms with E-state index in [1.807, 2.05) is 49.4 Å². The van der Waals surface area contributed by atoms with Gasteiger partial charge < -0.3 is 20.3 Å². The summed E-state index contributed by atoms with van der Waals surface area (Å²) >= 11 is 0. The lowest BCUT2D eigenvalue weighted by atomic mass is 9.83. The van der Waals surface area contributed by atoms with Gasteiger partial charge in [0.25, 0.3) is 0 Å². The number of aryl methyl sites for hydroxylation is 1. The molecule has 42 heavy (non-hydrogen) atoms. The van der Waals surface area contributed by atoms with Gasteiger partial charge in [0.2, 0.25) is 0 Å². The van der Waals surface area contributed by atoms with E-state index in [1.165, 1.54) is 6.92 Å². The summed E-state index contributed by atoms with van der Waals surface area (Å²) in [4.78, 5) is 37.2. The second-order valence-electron chi connectivity index (χ2n) is 10.7. The molecule has 0 bridgehead atoms. The lowest BCUT2D eigenvalue weighted by Crippen LogP contribution is -2.26. The average molecular weight is 564 g/mol. The van der Waals surface area contributed by atoms with Crippen LogP contribution in [0.15, 0.2) is 72.8 Å². The average Bonchev–Trinajstić information content (AvgIpc) is 2.97. The Balaban J connectivity index is 1.17. The third-order valence-electron chi connectivity index (χ3n) is 7.55. The summed E-state index contributed by atoms with van der Waals surface area (Å²) in [6, 6.07) is 21.7. The Morgan fingerprint density at radius 1 is 0.762 bits per heavy atom. The molecule has 0 atom stereocenters. The number of phenolic OH excluding ortho intramolecular Hbond substituents is 2. The minimum Gasteiger partial charge on any atom is -0.507 e. The molecule has 4 aromatic carbocycles. The maximum Gasteiger partial charge on any atom is 0.407 e. The summed E-state index contributed by atoms with van der Waals surface area (Å²) in [5.41, 5.74) is 7.60. The molecule has 0 unspecified atom stereocenters. The first-order chi connectivity index (χ1) is 20.2. The third-order valence-corrected chi connectivity index (χ3v) is 7.55. The van der Waals surface area contributed by atoms with Crippen LogP contribution in [0.1, 0.15) is 63.1 Å². The normalized spacial score (nSPS) is 11.9. The smallest absolute Gasteiger partial charge is 0.407 e. The molecule has 214 valence electrons. The largest absolute Gasteiger partial charge is 0.507 e. The maximum atomic E-state index is 13.3. The Bertz CT molecular complexity index is 1690. The number of nitrogens with one attached hydrogen (secondary N) is 1. The Labute approximate surface area is 244 Å². The standard InChI is InChI=1S/C35H33NO6/c1-3-22-6-10-32(38)30(15-22)31-16-23(7-11-33(31)39)12-13-36-35(41)42-20-25-5-9-27-19-26-8-4-24(14-21(2)37)17-28(26)34(40)29(27)18-25/h4-11,15-18,38-39H,3,12-14,19-20H2,1-2H3,(H,36,41). The molecule has 0 spiro atoms. The van der Waals surface area contributed by atoms with Crippen LogP contribution in [0.25, 0.3) is 11.1 Å². The van der Waals surface area contributed by atoms with Gasteiger partial charge in [0.05, 0.1) is 0 Å². The number of carbonyl (C=O) groups is 3. The van der Waals surface area contributed by atoms with E-state index in [2.05, 4.69) is 5.32 Å². The van der Waals surface area contributed by atoms with Gasteiger partial charge in [-0.15, -0.1) is 0 Å². The van der Waals surface area contributed by atoms with Crippen LogP contribution in [0.4, 0.5) is 4.79 Å². The van der Waals surface area contributed by atoms with Crippen LogP contribution >= 0.6 is 0 Å². The number of fused-ring (bicyclic) bond motifs is 2. The molecular formula is C35H33NO6. The topological polar surface area (TPSA) is 113 Å². The Morgan fingerprint density at radius 3 is 1.95 bits per heavy atom. The maximum absolute atomic E-state index is 13.3. The summed E-state index contributed by atoms with van der Waals surface area (Å²) in [5.74, 6) is 0.110. The quantitative estimate of drug-likeness (QED) is 0.201. The monoisotopic (exact) mass is 563 g/mol. The fourth-order valence-corrected chi connectivity index (χ4v) is 5.30. The number of rotatable bonds is 9. The SMILES string of the molecule is CCc1ccc(O)c(-c2cc(CCNC(=O)OCc3ccc4c(c3)C(=O)c3cc(CC(C)=O)ccc3C4)ccc2O)c1. The van der Waals surface area contributed by atoms with Crippen molar-refractivity contribution in [3.05, 3.63) is 117 Å². The summed E-state index contributed by atoms with van der Waals surface area (Å²) in [6.45, 7) is 3.88. The van der Waals surface area contributed by atoms with Crippen molar-refractivity contribution in [1.29, 1.82) is 0 Å². The molecule has 3 N–H and O–H groups in total. The first kappa shape index (κ1) is 28.6. The Kier molecular flexibility index (Phi) is 8.38. The van der Waals surface area contributed by atoms with Crippen molar-refractivity contribution in [1.82, 2.24) is 5.32 Å². The Morgan fingerprint density at radius 2 is 1.31 bits per heavy atom. The molecule has 0 heterocycles. The zero-order chi connectivity index (χ0) is 29.8. The van der Waals surface area contributed by atoms with Crippen LogP contribution in [-0.4, -0.2) is 34.4 Å². The van der Waals surface area contributed by atoms with Gasteiger partial charge in [-0.3, -0.25) is 9.59 Å². The van der Waals surface area contributed by atoms with Crippen molar-refractivity contribution in [2.75, 3.05) is 6.54 Å². The van der Waals surface area contributed by atoms with Crippen molar-refractivity contribution >= 4 is 17.7 Å².